The number of hydrogen-bond acceptors (Lipinski definition) is 4. The van der Waals surface area contributed by atoms with Crippen molar-refractivity contribution in [2.24, 2.45) is 11.8 Å². The van der Waals surface area contributed by atoms with Crippen molar-refractivity contribution in [1.29, 1.82) is 0 Å². The number of benzene rings is 1. The number of carbonyl (C=O) groups is 3. The average molecular weight is 383 g/mol. The molecule has 6 heteroatoms. The van der Waals surface area contributed by atoms with E-state index in [1.807, 2.05) is 24.3 Å². The van der Waals surface area contributed by atoms with Gasteiger partial charge in [-0.15, -0.1) is 0 Å². The van der Waals surface area contributed by atoms with E-state index in [9.17, 15) is 14.4 Å². The molecule has 28 heavy (non-hydrogen) atoms. The van der Waals surface area contributed by atoms with Crippen molar-refractivity contribution in [3.05, 3.63) is 42.0 Å². The summed E-state index contributed by atoms with van der Waals surface area (Å²) in [7, 11) is 0. The molecule has 3 amide bonds. The Balaban J connectivity index is 1.46. The van der Waals surface area contributed by atoms with Crippen LogP contribution in [0.25, 0.3) is 0 Å². The van der Waals surface area contributed by atoms with E-state index in [1.54, 1.807) is 0 Å². The first kappa shape index (κ1) is 20.1. The van der Waals surface area contributed by atoms with Gasteiger partial charge in [-0.25, -0.2) is 0 Å². The minimum atomic E-state index is -0.232. The summed E-state index contributed by atoms with van der Waals surface area (Å²) in [5.74, 6) is -0.866. The van der Waals surface area contributed by atoms with Crippen molar-refractivity contribution in [2.75, 3.05) is 24.5 Å². The van der Waals surface area contributed by atoms with E-state index in [0.29, 0.717) is 19.4 Å². The largest absolute Gasteiger partial charge is 0.372 e. The van der Waals surface area contributed by atoms with Gasteiger partial charge in [0.1, 0.15) is 0 Å². The summed E-state index contributed by atoms with van der Waals surface area (Å²) in [6.07, 6.45) is 5.33. The van der Waals surface area contributed by atoms with Crippen LogP contribution in [0.3, 0.4) is 0 Å². The molecular weight excluding hydrogens is 354 g/mol. The highest BCUT2D eigenvalue weighted by Gasteiger charge is 2.46. The van der Waals surface area contributed by atoms with Gasteiger partial charge in [-0.3, -0.25) is 19.3 Å². The second kappa shape index (κ2) is 9.04. The summed E-state index contributed by atoms with van der Waals surface area (Å²) in [5.41, 5.74) is 2.19. The van der Waals surface area contributed by atoms with Crippen LogP contribution in [-0.2, 0) is 20.9 Å². The van der Waals surface area contributed by atoms with Gasteiger partial charge >= 0.3 is 0 Å². The van der Waals surface area contributed by atoms with Gasteiger partial charge < -0.3 is 10.2 Å². The second-order valence-electron chi connectivity index (χ2n) is 7.35. The minimum absolute atomic E-state index is 0.126. The first-order valence-corrected chi connectivity index (χ1v) is 10.2. The number of likely N-dealkylation sites (tertiary alicyclic amines) is 1. The number of hydrogen-bond donors (Lipinski definition) is 1. The maximum Gasteiger partial charge on any atom is 0.233 e. The fourth-order valence-corrected chi connectivity index (χ4v) is 4.01. The summed E-state index contributed by atoms with van der Waals surface area (Å²) in [5, 5.41) is 2.88. The molecule has 1 aliphatic heterocycles. The molecule has 1 heterocycles. The Hall–Kier alpha value is -2.63. The van der Waals surface area contributed by atoms with Gasteiger partial charge in [0.05, 0.1) is 11.8 Å². The topological polar surface area (TPSA) is 69.7 Å². The molecule has 0 radical (unpaired) electrons. The lowest BCUT2D eigenvalue weighted by Gasteiger charge is -2.21. The monoisotopic (exact) mass is 383 g/mol. The maximum absolute atomic E-state index is 12.4. The number of nitrogens with one attached hydrogen (secondary N) is 1. The summed E-state index contributed by atoms with van der Waals surface area (Å²) in [4.78, 5) is 40.6. The van der Waals surface area contributed by atoms with E-state index in [1.165, 1.54) is 10.6 Å². The summed E-state index contributed by atoms with van der Waals surface area (Å²) in [6.45, 7) is 6.76. The summed E-state index contributed by atoms with van der Waals surface area (Å²) < 4.78 is 0. The Morgan fingerprint density at radius 1 is 1.04 bits per heavy atom. The number of rotatable bonds is 8. The molecule has 0 unspecified atom stereocenters. The first-order chi connectivity index (χ1) is 13.5. The van der Waals surface area contributed by atoms with Gasteiger partial charge in [0.2, 0.25) is 17.7 Å². The van der Waals surface area contributed by atoms with E-state index < -0.39 is 0 Å². The Morgan fingerprint density at radius 3 is 2.14 bits per heavy atom. The third-order valence-electron chi connectivity index (χ3n) is 5.72. The molecule has 0 bridgehead atoms. The molecule has 3 rings (SSSR count). The average Bonchev–Trinajstić information content (AvgIpc) is 2.97. The number of anilines is 1. The number of allylic oxidation sites excluding steroid dienone is 2. The van der Waals surface area contributed by atoms with Crippen LogP contribution in [0.5, 0.6) is 0 Å². The molecule has 1 aliphatic carbocycles. The number of amides is 3. The van der Waals surface area contributed by atoms with Crippen molar-refractivity contribution in [3.8, 4) is 0 Å². The number of fused-ring (bicyclic) bond motifs is 1. The van der Waals surface area contributed by atoms with Crippen LogP contribution in [0, 0.1) is 11.8 Å². The molecule has 2 atom stereocenters. The fourth-order valence-electron chi connectivity index (χ4n) is 4.01. The van der Waals surface area contributed by atoms with Crippen molar-refractivity contribution in [1.82, 2.24) is 10.2 Å². The highest BCUT2D eigenvalue weighted by atomic mass is 16.2. The molecule has 0 saturated carbocycles. The maximum atomic E-state index is 12.4. The standard InChI is InChI=1S/C22H29N3O3/c1-3-24(4-2)17-11-9-16(10-12-17)15-23-20(26)13-14-25-21(27)18-7-5-6-8-19(18)22(25)28/h5-6,9-12,18-19H,3-4,7-8,13-15H2,1-2H3,(H,23,26)/t18-,19+. The van der Waals surface area contributed by atoms with Gasteiger partial charge in [0, 0.05) is 38.3 Å². The minimum Gasteiger partial charge on any atom is -0.372 e. The van der Waals surface area contributed by atoms with Crippen LogP contribution >= 0.6 is 0 Å². The van der Waals surface area contributed by atoms with Crippen LogP contribution in [0.1, 0.15) is 38.7 Å². The van der Waals surface area contributed by atoms with Gasteiger partial charge in [0.25, 0.3) is 0 Å². The van der Waals surface area contributed by atoms with Crippen LogP contribution in [0.15, 0.2) is 36.4 Å². The number of carbonyl (C=O) groups excluding carboxylic acids is 3. The van der Waals surface area contributed by atoms with E-state index in [4.69, 9.17) is 0 Å². The van der Waals surface area contributed by atoms with Crippen molar-refractivity contribution >= 4 is 23.4 Å². The lowest BCUT2D eigenvalue weighted by Crippen LogP contribution is -2.35. The Morgan fingerprint density at radius 2 is 1.61 bits per heavy atom. The number of nitrogens with zero attached hydrogens (tertiary/aromatic N) is 2. The van der Waals surface area contributed by atoms with Crippen molar-refractivity contribution in [3.63, 3.8) is 0 Å². The van der Waals surface area contributed by atoms with E-state index in [2.05, 4.69) is 36.2 Å². The lowest BCUT2D eigenvalue weighted by atomic mass is 9.85. The van der Waals surface area contributed by atoms with Gasteiger partial charge in [0.15, 0.2) is 0 Å². The summed E-state index contributed by atoms with van der Waals surface area (Å²) in [6, 6.07) is 8.15. The quantitative estimate of drug-likeness (QED) is 0.553. The molecule has 1 saturated heterocycles. The molecular formula is C22H29N3O3. The molecule has 1 N–H and O–H groups in total. The molecule has 2 aliphatic rings. The SMILES string of the molecule is CCN(CC)c1ccc(CNC(=O)CCN2C(=O)[C@H]3CC=CC[C@H]3C2=O)cc1. The summed E-state index contributed by atoms with van der Waals surface area (Å²) >= 11 is 0. The van der Waals surface area contributed by atoms with Gasteiger partial charge in [-0.05, 0) is 44.4 Å². The first-order valence-electron chi connectivity index (χ1n) is 10.2. The van der Waals surface area contributed by atoms with Crippen LogP contribution < -0.4 is 10.2 Å². The predicted octanol–water partition coefficient (Wildman–Crippen LogP) is 2.49. The van der Waals surface area contributed by atoms with E-state index in [-0.39, 0.29) is 42.5 Å². The molecule has 1 fully saturated rings. The fraction of sp³-hybridized carbons (Fsp3) is 0.500. The van der Waals surface area contributed by atoms with Gasteiger partial charge in [-0.1, -0.05) is 24.3 Å². The van der Waals surface area contributed by atoms with Crippen molar-refractivity contribution in [2.45, 2.75) is 39.7 Å². The normalized spacial score (nSPS) is 21.0. The van der Waals surface area contributed by atoms with E-state index in [0.717, 1.165) is 18.7 Å². The number of imide groups is 1. The van der Waals surface area contributed by atoms with E-state index >= 15 is 0 Å². The van der Waals surface area contributed by atoms with Crippen molar-refractivity contribution < 1.29 is 14.4 Å². The molecule has 0 aromatic heterocycles. The lowest BCUT2D eigenvalue weighted by molar-refractivity contribution is -0.140. The predicted molar refractivity (Wildman–Crippen MR) is 109 cm³/mol. The zero-order valence-corrected chi connectivity index (χ0v) is 16.7. The van der Waals surface area contributed by atoms with Crippen LogP contribution in [0.4, 0.5) is 5.69 Å². The molecule has 150 valence electrons. The Labute approximate surface area is 166 Å². The van der Waals surface area contributed by atoms with Crippen LogP contribution in [0.2, 0.25) is 0 Å². The third-order valence-corrected chi connectivity index (χ3v) is 5.72. The Bertz CT molecular complexity index is 727. The Kier molecular flexibility index (Phi) is 6.49. The second-order valence-corrected chi connectivity index (χ2v) is 7.35. The highest BCUT2D eigenvalue weighted by molar-refractivity contribution is 6.05. The van der Waals surface area contributed by atoms with Crippen LogP contribution in [-0.4, -0.2) is 42.3 Å². The molecule has 1 aromatic rings. The zero-order valence-electron chi connectivity index (χ0n) is 16.7. The highest BCUT2D eigenvalue weighted by Crippen LogP contribution is 2.34. The molecule has 6 nitrogen and oxygen atoms in total. The van der Waals surface area contributed by atoms with Gasteiger partial charge in [-0.2, -0.15) is 0 Å². The smallest absolute Gasteiger partial charge is 0.233 e. The third kappa shape index (κ3) is 4.26. The molecule has 1 aromatic carbocycles. The zero-order chi connectivity index (χ0) is 20.1. The molecule has 0 spiro atoms.